The van der Waals surface area contributed by atoms with Gasteiger partial charge in [0.05, 0.1) is 20.8 Å². The van der Waals surface area contributed by atoms with Gasteiger partial charge in [-0.2, -0.15) is 4.90 Å². The summed E-state index contributed by atoms with van der Waals surface area (Å²) in [6.45, 7) is 3.64. The molecule has 0 spiro atoms. The smallest absolute Gasteiger partial charge is 0.316 e. The molecule has 6 heteroatoms. The fourth-order valence-electron chi connectivity index (χ4n) is 3.96. The summed E-state index contributed by atoms with van der Waals surface area (Å²) < 4.78 is 13.2. The molecule has 2 aliphatic heterocycles. The monoisotopic (exact) mass is 399 g/mol. The van der Waals surface area contributed by atoms with Gasteiger partial charge in [-0.05, 0) is 60.5 Å². The number of benzene rings is 2. The van der Waals surface area contributed by atoms with Gasteiger partial charge in [0.2, 0.25) is 0 Å². The van der Waals surface area contributed by atoms with E-state index >= 15 is 0 Å². The van der Waals surface area contributed by atoms with E-state index in [4.69, 9.17) is 9.47 Å². The number of ether oxygens (including phenoxy) is 2. The third kappa shape index (κ3) is 3.14. The Bertz CT molecular complexity index is 897. The van der Waals surface area contributed by atoms with Crippen molar-refractivity contribution in [3.05, 3.63) is 53.6 Å². The zero-order valence-electron chi connectivity index (χ0n) is 16.6. The molecule has 0 fully saturated rings. The highest BCUT2D eigenvalue weighted by Crippen LogP contribution is 2.42. The maximum atomic E-state index is 12.0. The van der Waals surface area contributed by atoms with Gasteiger partial charge < -0.3 is 14.6 Å². The number of rotatable bonds is 5. The Hall–Kier alpha value is -2.18. The first-order valence-electron chi connectivity index (χ1n) is 9.69. The summed E-state index contributed by atoms with van der Waals surface area (Å²) in [7, 11) is 3.24. The molecule has 0 bridgehead atoms. The highest BCUT2D eigenvalue weighted by molar-refractivity contribution is 8.14. The van der Waals surface area contributed by atoms with E-state index < -0.39 is 5.72 Å². The predicted molar refractivity (Wildman–Crippen MR) is 114 cm³/mol. The van der Waals surface area contributed by atoms with Crippen LogP contribution in [0.2, 0.25) is 0 Å². The molecule has 2 aromatic rings. The summed E-state index contributed by atoms with van der Waals surface area (Å²) >= 11 is 1.81. The second-order valence-corrected chi connectivity index (χ2v) is 8.21. The lowest BCUT2D eigenvalue weighted by Gasteiger charge is -2.29. The molecule has 28 heavy (non-hydrogen) atoms. The first-order valence-corrected chi connectivity index (χ1v) is 10.7. The minimum absolute atomic E-state index is 0.528. The molecule has 0 aromatic heterocycles. The highest BCUT2D eigenvalue weighted by atomic mass is 32.2. The Balaban J connectivity index is 1.81. The van der Waals surface area contributed by atoms with Gasteiger partial charge in [-0.15, -0.1) is 0 Å². The Morgan fingerprint density at radius 3 is 2.54 bits per heavy atom. The van der Waals surface area contributed by atoms with E-state index in [-0.39, 0.29) is 0 Å². The number of thioether (sulfide) groups is 1. The fraction of sp³-hybridized carbons (Fsp3) is 0.409. The molecule has 1 atom stereocenters. The van der Waals surface area contributed by atoms with Gasteiger partial charge in [-0.3, -0.25) is 0 Å². The van der Waals surface area contributed by atoms with Crippen molar-refractivity contribution in [1.82, 2.24) is 0 Å². The van der Waals surface area contributed by atoms with Gasteiger partial charge in [-0.25, -0.2) is 4.58 Å². The van der Waals surface area contributed by atoms with Crippen LogP contribution in [0.3, 0.4) is 0 Å². The van der Waals surface area contributed by atoms with Crippen LogP contribution in [0.15, 0.2) is 42.5 Å². The van der Waals surface area contributed by atoms with Gasteiger partial charge in [-0.1, -0.05) is 19.1 Å². The third-order valence-electron chi connectivity index (χ3n) is 5.50. The number of aryl methyl sites for hydroxylation is 1. The summed E-state index contributed by atoms with van der Waals surface area (Å²) in [5.74, 6) is 2.35. The largest absolute Gasteiger partial charge is 0.493 e. The highest BCUT2D eigenvalue weighted by Gasteiger charge is 2.55. The van der Waals surface area contributed by atoms with Crippen molar-refractivity contribution in [2.75, 3.05) is 38.0 Å². The number of hydrogen-bond donors (Lipinski definition) is 1. The number of anilines is 1. The average molecular weight is 400 g/mol. The first kappa shape index (κ1) is 19.2. The second kappa shape index (κ2) is 7.68. The maximum absolute atomic E-state index is 12.0. The predicted octanol–water partition coefficient (Wildman–Crippen LogP) is 3.44. The van der Waals surface area contributed by atoms with Crippen LogP contribution in [0.4, 0.5) is 5.69 Å². The van der Waals surface area contributed by atoms with E-state index in [0.29, 0.717) is 18.0 Å². The number of methoxy groups -OCH3 is 2. The van der Waals surface area contributed by atoms with Gasteiger partial charge in [0.1, 0.15) is 5.69 Å². The van der Waals surface area contributed by atoms with Crippen LogP contribution < -0.4 is 14.4 Å². The van der Waals surface area contributed by atoms with Gasteiger partial charge >= 0.3 is 5.17 Å². The molecule has 0 unspecified atom stereocenters. The van der Waals surface area contributed by atoms with E-state index in [2.05, 4.69) is 40.7 Å². The van der Waals surface area contributed by atoms with Crippen molar-refractivity contribution in [1.29, 1.82) is 0 Å². The molecular formula is C22H27N2O3S+. The van der Waals surface area contributed by atoms with Crippen molar-refractivity contribution in [2.45, 2.75) is 25.5 Å². The molecule has 0 amide bonds. The number of hydrogen-bond acceptors (Lipinski definition) is 5. The Morgan fingerprint density at radius 2 is 1.86 bits per heavy atom. The minimum atomic E-state index is -1.17. The summed E-state index contributed by atoms with van der Waals surface area (Å²) in [6.07, 6.45) is 2.12. The molecule has 0 saturated heterocycles. The Kier molecular flexibility index (Phi) is 5.25. The molecule has 0 radical (unpaired) electrons. The first-order chi connectivity index (χ1) is 13.6. The lowest BCUT2D eigenvalue weighted by Crippen LogP contribution is -2.46. The fourth-order valence-corrected chi connectivity index (χ4v) is 5.14. The normalized spacial score (nSPS) is 21.6. The lowest BCUT2D eigenvalue weighted by atomic mass is 10.00. The second-order valence-electron chi connectivity index (χ2n) is 7.15. The van der Waals surface area contributed by atoms with Crippen LogP contribution >= 0.6 is 11.8 Å². The summed E-state index contributed by atoms with van der Waals surface area (Å²) in [5, 5.41) is 13.1. The number of nitrogens with zero attached hydrogens (tertiary/aromatic N) is 2. The minimum Gasteiger partial charge on any atom is -0.493 e. The Morgan fingerprint density at radius 1 is 1.11 bits per heavy atom. The number of aliphatic hydroxyl groups is 1. The standard InChI is InChI=1S/C22H27N2O3S/c1-4-16-6-9-18(10-7-16)24-21-23(12-5-13-28-21)15-22(24,25)17-8-11-19(26-2)20(14-17)27-3/h6-11,14,25H,4-5,12-13,15H2,1-3H3/q+1/t22-/m1/s1. The van der Waals surface area contributed by atoms with Gasteiger partial charge in [0.25, 0.3) is 5.72 Å². The zero-order chi connectivity index (χ0) is 19.7. The zero-order valence-corrected chi connectivity index (χ0v) is 17.5. The van der Waals surface area contributed by atoms with E-state index in [1.54, 1.807) is 14.2 Å². The average Bonchev–Trinajstić information content (AvgIpc) is 3.06. The molecule has 2 aromatic carbocycles. The van der Waals surface area contributed by atoms with Crippen LogP contribution in [-0.2, 0) is 12.1 Å². The van der Waals surface area contributed by atoms with E-state index in [0.717, 1.165) is 41.6 Å². The van der Waals surface area contributed by atoms with Gasteiger partial charge in [0.15, 0.2) is 18.0 Å². The van der Waals surface area contributed by atoms with Crippen molar-refractivity contribution < 1.29 is 19.2 Å². The molecule has 148 valence electrons. The van der Waals surface area contributed by atoms with Crippen LogP contribution in [0.25, 0.3) is 0 Å². The Labute approximate surface area is 170 Å². The van der Waals surface area contributed by atoms with Crippen molar-refractivity contribution in [2.24, 2.45) is 0 Å². The lowest BCUT2D eigenvalue weighted by molar-refractivity contribution is -0.532. The van der Waals surface area contributed by atoms with Gasteiger partial charge in [0, 0.05) is 11.3 Å². The van der Waals surface area contributed by atoms with E-state index in [1.165, 1.54) is 5.56 Å². The van der Waals surface area contributed by atoms with Crippen LogP contribution in [-0.4, -0.2) is 47.9 Å². The molecule has 5 nitrogen and oxygen atoms in total. The quantitative estimate of drug-likeness (QED) is 0.781. The topological polar surface area (TPSA) is 44.9 Å². The molecular weight excluding hydrogens is 372 g/mol. The van der Waals surface area contributed by atoms with Crippen LogP contribution in [0.5, 0.6) is 11.5 Å². The van der Waals surface area contributed by atoms with Crippen LogP contribution in [0.1, 0.15) is 24.5 Å². The molecule has 4 rings (SSSR count). The summed E-state index contributed by atoms with van der Waals surface area (Å²) in [4.78, 5) is 2.08. The number of amidine groups is 1. The van der Waals surface area contributed by atoms with Crippen LogP contribution in [0, 0.1) is 0 Å². The molecule has 0 saturated carbocycles. The molecule has 2 heterocycles. The van der Waals surface area contributed by atoms with E-state index in [1.807, 2.05) is 30.0 Å². The summed E-state index contributed by atoms with van der Waals surface area (Å²) in [6, 6.07) is 14.2. The van der Waals surface area contributed by atoms with Crippen molar-refractivity contribution in [3.63, 3.8) is 0 Å². The molecule has 1 N–H and O–H groups in total. The van der Waals surface area contributed by atoms with E-state index in [9.17, 15) is 5.11 Å². The molecule has 2 aliphatic rings. The van der Waals surface area contributed by atoms with Crippen molar-refractivity contribution in [3.8, 4) is 11.5 Å². The summed E-state index contributed by atoms with van der Waals surface area (Å²) in [5.41, 5.74) is 1.92. The maximum Gasteiger partial charge on any atom is 0.316 e. The van der Waals surface area contributed by atoms with Crippen molar-refractivity contribution >= 4 is 22.6 Å². The third-order valence-corrected chi connectivity index (χ3v) is 6.69. The SMILES string of the molecule is CCc1ccc(N2C3=[N+](CCCS3)C[C@@]2(O)c2ccc(OC)c(OC)c2)cc1. The molecule has 0 aliphatic carbocycles.